The summed E-state index contributed by atoms with van der Waals surface area (Å²) in [6, 6.07) is 9.70. The van der Waals surface area contributed by atoms with Gasteiger partial charge in [0.05, 0.1) is 6.54 Å². The van der Waals surface area contributed by atoms with E-state index in [-0.39, 0.29) is 6.09 Å². The van der Waals surface area contributed by atoms with Gasteiger partial charge in [-0.15, -0.1) is 0 Å². The summed E-state index contributed by atoms with van der Waals surface area (Å²) < 4.78 is 10.9. The topological polar surface area (TPSA) is 97.2 Å². The minimum absolute atomic E-state index is 0.293. The standard InChI is InChI=1S/C20H27N5O3/c1-20(2,3)28-19(26)25-11-9-24(10-12-25)18(21)22-13-16-14-27-17(23-16)15-7-5-4-6-8-15/h4-8,14H,9-13H2,1-3H3,(H2,21,22). The Hall–Kier alpha value is -3.03. The number of hydrogen-bond donors (Lipinski definition) is 1. The Labute approximate surface area is 165 Å². The van der Waals surface area contributed by atoms with Gasteiger partial charge in [-0.25, -0.2) is 14.8 Å². The van der Waals surface area contributed by atoms with Crippen LogP contribution in [0, 0.1) is 0 Å². The molecule has 1 aliphatic heterocycles. The van der Waals surface area contributed by atoms with E-state index in [1.807, 2.05) is 56.0 Å². The van der Waals surface area contributed by atoms with Crippen LogP contribution in [0.1, 0.15) is 26.5 Å². The first-order valence-corrected chi connectivity index (χ1v) is 9.34. The smallest absolute Gasteiger partial charge is 0.410 e. The largest absolute Gasteiger partial charge is 0.444 e. The number of benzene rings is 1. The monoisotopic (exact) mass is 385 g/mol. The van der Waals surface area contributed by atoms with Gasteiger partial charge >= 0.3 is 6.09 Å². The molecule has 0 unspecified atom stereocenters. The molecule has 150 valence electrons. The minimum Gasteiger partial charge on any atom is -0.444 e. The Morgan fingerprint density at radius 3 is 2.46 bits per heavy atom. The van der Waals surface area contributed by atoms with Crippen molar-refractivity contribution in [2.24, 2.45) is 10.7 Å². The number of aliphatic imine (C=N–C) groups is 1. The van der Waals surface area contributed by atoms with Crippen molar-refractivity contribution < 1.29 is 13.9 Å². The van der Waals surface area contributed by atoms with Crippen molar-refractivity contribution in [3.63, 3.8) is 0 Å². The molecule has 1 aromatic heterocycles. The molecule has 28 heavy (non-hydrogen) atoms. The van der Waals surface area contributed by atoms with Gasteiger partial charge < -0.3 is 24.7 Å². The zero-order chi connectivity index (χ0) is 20.1. The fourth-order valence-electron chi connectivity index (χ4n) is 2.80. The second kappa shape index (κ2) is 8.33. The van der Waals surface area contributed by atoms with Gasteiger partial charge in [0.15, 0.2) is 5.96 Å². The summed E-state index contributed by atoms with van der Waals surface area (Å²) in [5.41, 5.74) is 7.26. The number of aromatic nitrogens is 1. The van der Waals surface area contributed by atoms with Crippen LogP contribution in [-0.2, 0) is 11.3 Å². The fourth-order valence-corrected chi connectivity index (χ4v) is 2.80. The summed E-state index contributed by atoms with van der Waals surface area (Å²) in [5.74, 6) is 1.00. The number of ether oxygens (including phenoxy) is 1. The molecule has 0 bridgehead atoms. The summed E-state index contributed by atoms with van der Waals surface area (Å²) in [5, 5.41) is 0. The van der Waals surface area contributed by atoms with Crippen molar-refractivity contribution in [2.75, 3.05) is 26.2 Å². The Balaban J connectivity index is 1.51. The Morgan fingerprint density at radius 2 is 1.82 bits per heavy atom. The lowest BCUT2D eigenvalue weighted by Crippen LogP contribution is -2.53. The van der Waals surface area contributed by atoms with E-state index < -0.39 is 5.60 Å². The summed E-state index contributed by atoms with van der Waals surface area (Å²) >= 11 is 0. The van der Waals surface area contributed by atoms with Crippen LogP contribution in [0.5, 0.6) is 0 Å². The number of oxazole rings is 1. The lowest BCUT2D eigenvalue weighted by Gasteiger charge is -2.36. The van der Waals surface area contributed by atoms with Gasteiger partial charge in [0.1, 0.15) is 17.6 Å². The fraction of sp³-hybridized carbons (Fsp3) is 0.450. The molecule has 1 aliphatic rings. The molecule has 3 rings (SSSR count). The van der Waals surface area contributed by atoms with E-state index in [0.717, 1.165) is 5.56 Å². The van der Waals surface area contributed by atoms with Crippen LogP contribution in [0.4, 0.5) is 4.79 Å². The number of nitrogens with zero attached hydrogens (tertiary/aromatic N) is 4. The van der Waals surface area contributed by atoms with Gasteiger partial charge in [0.2, 0.25) is 5.89 Å². The number of carbonyl (C=O) groups is 1. The van der Waals surface area contributed by atoms with Gasteiger partial charge in [-0.05, 0) is 32.9 Å². The van der Waals surface area contributed by atoms with E-state index in [1.165, 1.54) is 0 Å². The number of amides is 1. The Morgan fingerprint density at radius 1 is 1.18 bits per heavy atom. The quantitative estimate of drug-likeness (QED) is 0.644. The van der Waals surface area contributed by atoms with Gasteiger partial charge in [0.25, 0.3) is 0 Å². The molecule has 0 atom stereocenters. The van der Waals surface area contributed by atoms with Crippen LogP contribution in [0.3, 0.4) is 0 Å². The second-order valence-electron chi connectivity index (χ2n) is 7.64. The molecule has 0 saturated carbocycles. The highest BCUT2D eigenvalue weighted by Gasteiger charge is 2.26. The molecular formula is C20H27N5O3. The SMILES string of the molecule is CC(C)(C)OC(=O)N1CCN(C(N)=NCc2coc(-c3ccccc3)n2)CC1. The summed E-state index contributed by atoms with van der Waals surface area (Å²) in [6.07, 6.45) is 1.30. The highest BCUT2D eigenvalue weighted by Crippen LogP contribution is 2.18. The number of guanidine groups is 1. The minimum atomic E-state index is -0.495. The molecule has 1 amide bonds. The first-order chi connectivity index (χ1) is 13.3. The molecule has 0 aliphatic carbocycles. The highest BCUT2D eigenvalue weighted by molar-refractivity contribution is 5.78. The molecule has 2 N–H and O–H groups in total. The first kappa shape index (κ1) is 19.7. The molecular weight excluding hydrogens is 358 g/mol. The molecule has 1 aromatic carbocycles. The van der Waals surface area contributed by atoms with Crippen LogP contribution in [-0.4, -0.2) is 58.6 Å². The summed E-state index contributed by atoms with van der Waals surface area (Å²) in [6.45, 7) is 8.25. The first-order valence-electron chi connectivity index (χ1n) is 9.34. The number of nitrogens with two attached hydrogens (primary N) is 1. The van der Waals surface area contributed by atoms with Gasteiger partial charge in [-0.2, -0.15) is 0 Å². The normalized spacial score (nSPS) is 15.6. The van der Waals surface area contributed by atoms with Crippen molar-refractivity contribution in [1.29, 1.82) is 0 Å². The van der Waals surface area contributed by atoms with Gasteiger partial charge in [-0.3, -0.25) is 0 Å². The van der Waals surface area contributed by atoms with Gasteiger partial charge in [0, 0.05) is 31.7 Å². The lowest BCUT2D eigenvalue weighted by molar-refractivity contribution is 0.0186. The lowest BCUT2D eigenvalue weighted by atomic mass is 10.2. The molecule has 8 nitrogen and oxygen atoms in total. The van der Waals surface area contributed by atoms with E-state index >= 15 is 0 Å². The van der Waals surface area contributed by atoms with E-state index in [9.17, 15) is 4.79 Å². The van der Waals surface area contributed by atoms with Crippen LogP contribution in [0.25, 0.3) is 11.5 Å². The van der Waals surface area contributed by atoms with Crippen molar-refractivity contribution >= 4 is 12.1 Å². The summed E-state index contributed by atoms with van der Waals surface area (Å²) in [7, 11) is 0. The zero-order valence-electron chi connectivity index (χ0n) is 16.6. The average molecular weight is 385 g/mol. The highest BCUT2D eigenvalue weighted by atomic mass is 16.6. The van der Waals surface area contributed by atoms with Crippen LogP contribution < -0.4 is 5.73 Å². The number of piperazine rings is 1. The molecule has 1 saturated heterocycles. The molecule has 1 fully saturated rings. The number of carbonyl (C=O) groups excluding carboxylic acids is 1. The third-order valence-electron chi connectivity index (χ3n) is 4.23. The Bertz CT molecular complexity index is 818. The third-order valence-corrected chi connectivity index (χ3v) is 4.23. The maximum atomic E-state index is 12.1. The van der Waals surface area contributed by atoms with E-state index in [4.69, 9.17) is 14.9 Å². The third kappa shape index (κ3) is 5.25. The molecule has 0 spiro atoms. The van der Waals surface area contributed by atoms with Crippen LogP contribution in [0.2, 0.25) is 0 Å². The predicted molar refractivity (Wildman–Crippen MR) is 107 cm³/mol. The van der Waals surface area contributed by atoms with Gasteiger partial charge in [-0.1, -0.05) is 18.2 Å². The summed E-state index contributed by atoms with van der Waals surface area (Å²) in [4.78, 5) is 24.6. The van der Waals surface area contributed by atoms with Crippen LogP contribution in [0.15, 0.2) is 46.0 Å². The maximum absolute atomic E-state index is 12.1. The predicted octanol–water partition coefficient (Wildman–Crippen LogP) is 2.71. The molecule has 8 heteroatoms. The van der Waals surface area contributed by atoms with Crippen molar-refractivity contribution in [1.82, 2.24) is 14.8 Å². The van der Waals surface area contributed by atoms with E-state index in [2.05, 4.69) is 9.98 Å². The van der Waals surface area contributed by atoms with E-state index in [1.54, 1.807) is 11.2 Å². The van der Waals surface area contributed by atoms with Crippen LogP contribution >= 0.6 is 0 Å². The maximum Gasteiger partial charge on any atom is 0.410 e. The zero-order valence-corrected chi connectivity index (χ0v) is 16.6. The van der Waals surface area contributed by atoms with Crippen molar-refractivity contribution in [3.8, 4) is 11.5 Å². The molecule has 2 aromatic rings. The second-order valence-corrected chi connectivity index (χ2v) is 7.64. The average Bonchev–Trinajstić information content (AvgIpc) is 3.15. The number of rotatable bonds is 3. The van der Waals surface area contributed by atoms with Crippen molar-refractivity contribution in [3.05, 3.63) is 42.3 Å². The Kier molecular flexibility index (Phi) is 5.87. The number of hydrogen-bond acceptors (Lipinski definition) is 5. The molecule has 2 heterocycles. The van der Waals surface area contributed by atoms with Crippen molar-refractivity contribution in [2.45, 2.75) is 32.9 Å². The molecule has 0 radical (unpaired) electrons. The van der Waals surface area contributed by atoms with E-state index in [0.29, 0.717) is 50.3 Å².